The Kier molecular flexibility index (Phi) is 13.4. The Labute approximate surface area is 312 Å². The van der Waals surface area contributed by atoms with Crippen molar-refractivity contribution in [2.45, 2.75) is 81.9 Å². The number of aliphatic hydroxyl groups is 2. The van der Waals surface area contributed by atoms with Gasteiger partial charge in [-0.15, -0.1) is 6.58 Å². The summed E-state index contributed by atoms with van der Waals surface area (Å²) in [5.74, 6) is 1.73. The van der Waals surface area contributed by atoms with E-state index in [1.54, 1.807) is 13.2 Å². The topological polar surface area (TPSA) is 116 Å². The predicted molar refractivity (Wildman–Crippen MR) is 206 cm³/mol. The lowest BCUT2D eigenvalue weighted by molar-refractivity contribution is -0.223. The van der Waals surface area contributed by atoms with E-state index in [4.69, 9.17) is 19.0 Å². The molecule has 0 spiro atoms. The van der Waals surface area contributed by atoms with Crippen LogP contribution in [-0.2, 0) is 22.6 Å². The zero-order valence-electron chi connectivity index (χ0n) is 30.5. The molecule has 0 amide bonds. The molecular formula is C42H53N3O6S. The number of rotatable bonds is 19. The number of hydrogen-bond acceptors (Lipinski definition) is 10. The van der Waals surface area contributed by atoms with Crippen LogP contribution in [0.1, 0.15) is 73.4 Å². The quantitative estimate of drug-likeness (QED) is 0.0732. The maximum atomic E-state index is 9.85. The van der Waals surface area contributed by atoms with Crippen LogP contribution >= 0.6 is 11.8 Å². The summed E-state index contributed by atoms with van der Waals surface area (Å²) in [6.07, 6.45) is 14.6. The molecule has 10 heteroatoms. The molecule has 1 aromatic carbocycles. The zero-order chi connectivity index (χ0) is 36.3. The Balaban J connectivity index is 1.46. The average molecular weight is 728 g/mol. The summed E-state index contributed by atoms with van der Waals surface area (Å²) in [5, 5.41) is 24.2. The molecule has 1 saturated carbocycles. The fourth-order valence-corrected chi connectivity index (χ4v) is 9.79. The molecule has 2 aromatic heterocycles. The van der Waals surface area contributed by atoms with Gasteiger partial charge in [0.25, 0.3) is 0 Å². The number of nitrogens with zero attached hydrogens (tertiary/aromatic N) is 3. The van der Waals surface area contributed by atoms with Gasteiger partial charge in [-0.05, 0) is 110 Å². The van der Waals surface area contributed by atoms with E-state index >= 15 is 0 Å². The lowest BCUT2D eigenvalue weighted by atomic mass is 9.56. The highest BCUT2D eigenvalue weighted by atomic mass is 32.2. The van der Waals surface area contributed by atoms with Crippen molar-refractivity contribution in [1.82, 2.24) is 9.97 Å². The number of pyridine rings is 2. The Morgan fingerprint density at radius 3 is 2.62 bits per heavy atom. The third-order valence-electron chi connectivity index (χ3n) is 10.6. The molecule has 2 aliphatic carbocycles. The zero-order valence-corrected chi connectivity index (χ0v) is 31.3. The molecule has 6 unspecified atom stereocenters. The van der Waals surface area contributed by atoms with Crippen LogP contribution < -0.4 is 9.47 Å². The Hall–Kier alpha value is -3.70. The first-order valence-electron chi connectivity index (χ1n) is 18.7. The first kappa shape index (κ1) is 38.0. The first-order valence-corrected chi connectivity index (χ1v) is 19.7. The van der Waals surface area contributed by atoms with Gasteiger partial charge in [-0.2, -0.15) is 11.8 Å². The minimum absolute atomic E-state index is 0.0117. The number of hydrogen-bond donors (Lipinski definition) is 2. The van der Waals surface area contributed by atoms with Crippen molar-refractivity contribution in [2.75, 3.05) is 32.7 Å². The molecule has 1 fully saturated rings. The van der Waals surface area contributed by atoms with Crippen molar-refractivity contribution >= 4 is 17.5 Å². The van der Waals surface area contributed by atoms with Crippen LogP contribution in [0.4, 0.5) is 0 Å². The summed E-state index contributed by atoms with van der Waals surface area (Å²) in [7, 11) is 1.62. The molecule has 2 N–H and O–H groups in total. The molecule has 3 heterocycles. The van der Waals surface area contributed by atoms with Gasteiger partial charge in [0, 0.05) is 49.2 Å². The molecule has 52 heavy (non-hydrogen) atoms. The van der Waals surface area contributed by atoms with E-state index in [1.807, 2.05) is 61.4 Å². The summed E-state index contributed by atoms with van der Waals surface area (Å²) in [5.41, 5.74) is 6.22. The van der Waals surface area contributed by atoms with E-state index < -0.39 is 5.79 Å². The van der Waals surface area contributed by atoms with Crippen LogP contribution in [0.2, 0.25) is 0 Å². The largest absolute Gasteiger partial charge is 0.487 e. The highest BCUT2D eigenvalue weighted by Crippen LogP contribution is 2.62. The van der Waals surface area contributed by atoms with Gasteiger partial charge in [0.2, 0.25) is 5.79 Å². The van der Waals surface area contributed by atoms with Crippen molar-refractivity contribution in [3.8, 4) is 11.5 Å². The number of allylic oxidation sites excluding steroid dienone is 1. The normalized spacial score (nSPS) is 25.4. The molecule has 0 radical (unpaired) electrons. The van der Waals surface area contributed by atoms with Gasteiger partial charge in [-0.1, -0.05) is 36.2 Å². The molecule has 0 saturated heterocycles. The van der Waals surface area contributed by atoms with Gasteiger partial charge < -0.3 is 29.3 Å². The minimum Gasteiger partial charge on any atom is -0.487 e. The number of unbranched alkanes of at least 4 members (excludes halogenated alkanes) is 2. The van der Waals surface area contributed by atoms with Gasteiger partial charge in [-0.3, -0.25) is 9.97 Å². The monoisotopic (exact) mass is 727 g/mol. The van der Waals surface area contributed by atoms with E-state index in [9.17, 15) is 10.2 Å². The number of aliphatic hydroxyl groups excluding tert-OH is 2. The second-order valence-electron chi connectivity index (χ2n) is 14.0. The van der Waals surface area contributed by atoms with Crippen molar-refractivity contribution in [1.29, 1.82) is 0 Å². The van der Waals surface area contributed by atoms with E-state index in [2.05, 4.69) is 46.0 Å². The fourth-order valence-electron chi connectivity index (χ4n) is 8.38. The SMILES string of the molecule is C=CCOC12Oc3ccc(OCc4cccc(C)n4)cc3C3C(CCCCO)C(CCCCO)C=C(C(=NOC)CC1SCCc1ccncc1)C32. The summed E-state index contributed by atoms with van der Waals surface area (Å²) in [4.78, 5) is 14.4. The molecule has 0 bridgehead atoms. The average Bonchev–Trinajstić information content (AvgIpc) is 3.16. The number of thioether (sulfide) groups is 1. The Bertz CT molecular complexity index is 1690. The predicted octanol–water partition coefficient (Wildman–Crippen LogP) is 7.60. The van der Waals surface area contributed by atoms with Crippen LogP contribution in [0, 0.1) is 24.7 Å². The Morgan fingerprint density at radius 2 is 1.87 bits per heavy atom. The lowest BCUT2D eigenvalue weighted by Crippen LogP contribution is -2.64. The second kappa shape index (κ2) is 18.4. The standard InChI is InChI=1S/C42H53N3O6S/c1-4-23-50-42-39(52-24-18-30-16-19-43-20-17-30)27-37(45-48-3)35-25-31(11-5-7-21-46)34(13-6-8-22-47)40(41(35)42)36-26-33(14-15-38(36)51-42)49-28-32-12-9-10-29(2)44-32/h4,9-10,12,14-17,19-20,25-26,31,34,39-41,46-47H,1,5-8,11,13,18,21-24,27-28H2,2-3H3. The number of oxime groups is 1. The summed E-state index contributed by atoms with van der Waals surface area (Å²) in [6, 6.07) is 16.3. The molecular weight excluding hydrogens is 675 g/mol. The van der Waals surface area contributed by atoms with Crippen LogP contribution in [0.15, 0.2) is 90.4 Å². The second-order valence-corrected chi connectivity index (χ2v) is 15.3. The van der Waals surface area contributed by atoms with Gasteiger partial charge in [0.05, 0.1) is 29.2 Å². The van der Waals surface area contributed by atoms with Gasteiger partial charge in [-0.25, -0.2) is 0 Å². The van der Waals surface area contributed by atoms with Gasteiger partial charge >= 0.3 is 0 Å². The molecule has 278 valence electrons. The fraction of sp³-hybridized carbons (Fsp3) is 0.500. The van der Waals surface area contributed by atoms with E-state index in [0.717, 1.165) is 90.4 Å². The number of aromatic nitrogens is 2. The first-order chi connectivity index (χ1) is 25.5. The molecule has 3 aromatic rings. The third-order valence-corrected chi connectivity index (χ3v) is 12.0. The summed E-state index contributed by atoms with van der Waals surface area (Å²) < 4.78 is 20.7. The number of benzene rings is 1. The smallest absolute Gasteiger partial charge is 0.230 e. The third kappa shape index (κ3) is 8.57. The highest BCUT2D eigenvalue weighted by Gasteiger charge is 2.63. The maximum Gasteiger partial charge on any atom is 0.230 e. The Morgan fingerprint density at radius 1 is 1.06 bits per heavy atom. The van der Waals surface area contributed by atoms with E-state index in [0.29, 0.717) is 19.6 Å². The number of aryl methyl sites for hydroxylation is 2. The summed E-state index contributed by atoms with van der Waals surface area (Å²) in [6.45, 7) is 7.04. The van der Waals surface area contributed by atoms with Crippen LogP contribution in [0.5, 0.6) is 11.5 Å². The van der Waals surface area contributed by atoms with Crippen molar-refractivity contribution in [2.24, 2.45) is 22.9 Å². The molecule has 6 atom stereocenters. The van der Waals surface area contributed by atoms with Crippen molar-refractivity contribution in [3.05, 3.63) is 108 Å². The van der Waals surface area contributed by atoms with Crippen LogP contribution in [0.25, 0.3) is 0 Å². The van der Waals surface area contributed by atoms with Crippen molar-refractivity contribution in [3.63, 3.8) is 0 Å². The van der Waals surface area contributed by atoms with Crippen molar-refractivity contribution < 1.29 is 29.3 Å². The molecule has 3 aliphatic rings. The van der Waals surface area contributed by atoms with Gasteiger partial charge in [0.1, 0.15) is 25.2 Å². The summed E-state index contributed by atoms with van der Waals surface area (Å²) >= 11 is 1.86. The number of fused-ring (bicyclic) bond motifs is 2. The lowest BCUT2D eigenvalue weighted by Gasteiger charge is -2.58. The van der Waals surface area contributed by atoms with Gasteiger partial charge in [0.15, 0.2) is 0 Å². The van der Waals surface area contributed by atoms with E-state index in [-0.39, 0.29) is 42.1 Å². The number of ether oxygens (including phenoxy) is 3. The molecule has 1 aliphatic heterocycles. The van der Waals surface area contributed by atoms with Crippen LogP contribution in [0.3, 0.4) is 0 Å². The van der Waals surface area contributed by atoms with E-state index in [1.165, 1.54) is 5.56 Å². The highest BCUT2D eigenvalue weighted by molar-refractivity contribution is 8.00. The molecule has 6 rings (SSSR count). The van der Waals surface area contributed by atoms with Crippen LogP contribution in [-0.4, -0.2) is 69.6 Å². The maximum absolute atomic E-state index is 9.85. The minimum atomic E-state index is -0.994. The molecule has 9 nitrogen and oxygen atoms in total.